The van der Waals surface area contributed by atoms with Gasteiger partial charge in [0.05, 0.1) is 5.75 Å². The van der Waals surface area contributed by atoms with Gasteiger partial charge in [-0.05, 0) is 26.8 Å². The van der Waals surface area contributed by atoms with Crippen LogP contribution < -0.4 is 5.32 Å². The Kier molecular flexibility index (Phi) is 4.16. The van der Waals surface area contributed by atoms with Crippen molar-refractivity contribution in [3.8, 4) is 0 Å². The van der Waals surface area contributed by atoms with Crippen LogP contribution in [-0.2, 0) is 10.1 Å². The molecule has 0 amide bonds. The molecule has 2 N–H and O–H groups in total. The molecule has 0 radical (unpaired) electrons. The molecule has 0 atom stereocenters. The lowest BCUT2D eigenvalue weighted by Gasteiger charge is -2.24. The van der Waals surface area contributed by atoms with Crippen molar-refractivity contribution in [1.29, 1.82) is 0 Å². The summed E-state index contributed by atoms with van der Waals surface area (Å²) in [7, 11) is -3.87. The summed E-state index contributed by atoms with van der Waals surface area (Å²) < 4.78 is 29.6. The lowest BCUT2D eigenvalue weighted by Crippen LogP contribution is -2.45. The summed E-state index contributed by atoms with van der Waals surface area (Å²) in [4.78, 5) is 0. The molecule has 0 unspecified atom stereocenters. The minimum absolute atomic E-state index is 0.250. The first-order valence-electron chi connectivity index (χ1n) is 3.97. The molecule has 0 aromatic rings. The quantitative estimate of drug-likeness (QED) is 0.632. The first-order chi connectivity index (χ1) is 5.27. The fraction of sp³-hybridized carbons (Fsp3) is 1.00. The molecule has 0 aromatic carbocycles. The van der Waals surface area contributed by atoms with Crippen LogP contribution in [0.3, 0.4) is 0 Å². The molecule has 4 nitrogen and oxygen atoms in total. The molecule has 0 aliphatic heterocycles. The van der Waals surface area contributed by atoms with Crippen LogP contribution >= 0.6 is 0 Å². The molecule has 0 saturated heterocycles. The van der Waals surface area contributed by atoms with Crippen molar-refractivity contribution < 1.29 is 13.0 Å². The van der Waals surface area contributed by atoms with E-state index in [-0.39, 0.29) is 5.75 Å². The summed E-state index contributed by atoms with van der Waals surface area (Å²) in [5.74, 6) is -0.250. The second kappa shape index (κ2) is 4.20. The maximum Gasteiger partial charge on any atom is 0.266 e. The van der Waals surface area contributed by atoms with Crippen molar-refractivity contribution >= 4 is 10.1 Å². The van der Waals surface area contributed by atoms with Crippen LogP contribution in [0.2, 0.25) is 0 Å². The standard InChI is InChI=1S/C7H17NO3S/c1-4-5-8-7(2,3)6-12(9,10)11/h8H,4-6H2,1-3H3,(H,9,10,11). The third-order valence-corrected chi connectivity index (χ3v) is 2.48. The summed E-state index contributed by atoms with van der Waals surface area (Å²) in [6.45, 7) is 6.24. The van der Waals surface area contributed by atoms with Gasteiger partial charge in [-0.1, -0.05) is 6.92 Å². The van der Waals surface area contributed by atoms with Gasteiger partial charge in [0, 0.05) is 5.54 Å². The van der Waals surface area contributed by atoms with Crippen LogP contribution in [0, 0.1) is 0 Å². The minimum Gasteiger partial charge on any atom is -0.311 e. The van der Waals surface area contributed by atoms with Crippen molar-refractivity contribution in [3.63, 3.8) is 0 Å². The van der Waals surface area contributed by atoms with E-state index < -0.39 is 15.7 Å². The minimum atomic E-state index is -3.87. The zero-order valence-corrected chi connectivity index (χ0v) is 8.61. The molecule has 0 rings (SSSR count). The van der Waals surface area contributed by atoms with E-state index in [4.69, 9.17) is 4.55 Å². The van der Waals surface area contributed by atoms with E-state index in [1.807, 2.05) is 6.92 Å². The summed E-state index contributed by atoms with van der Waals surface area (Å²) in [5, 5.41) is 3.03. The molecular formula is C7H17NO3S. The fourth-order valence-corrected chi connectivity index (χ4v) is 1.98. The molecule has 0 aliphatic rings. The van der Waals surface area contributed by atoms with Crippen LogP contribution in [-0.4, -0.2) is 30.8 Å². The van der Waals surface area contributed by atoms with Gasteiger partial charge in [-0.3, -0.25) is 4.55 Å². The molecule has 0 saturated carbocycles. The highest BCUT2D eigenvalue weighted by molar-refractivity contribution is 7.85. The molecular weight excluding hydrogens is 178 g/mol. The van der Waals surface area contributed by atoms with Gasteiger partial charge < -0.3 is 5.32 Å². The van der Waals surface area contributed by atoms with Crippen LogP contribution in [0.15, 0.2) is 0 Å². The molecule has 0 heterocycles. The van der Waals surface area contributed by atoms with E-state index in [1.54, 1.807) is 13.8 Å². The molecule has 74 valence electrons. The average Bonchev–Trinajstić information content (AvgIpc) is 1.78. The van der Waals surface area contributed by atoms with Gasteiger partial charge in [-0.2, -0.15) is 8.42 Å². The van der Waals surface area contributed by atoms with E-state index in [9.17, 15) is 8.42 Å². The van der Waals surface area contributed by atoms with Gasteiger partial charge in [0.2, 0.25) is 0 Å². The Bertz CT molecular complexity index is 221. The summed E-state index contributed by atoms with van der Waals surface area (Å²) in [6, 6.07) is 0. The smallest absolute Gasteiger partial charge is 0.266 e. The zero-order chi connectivity index (χ0) is 9.83. The molecule has 5 heteroatoms. The van der Waals surface area contributed by atoms with E-state index in [1.165, 1.54) is 0 Å². The number of hydrogen-bond acceptors (Lipinski definition) is 3. The Morgan fingerprint density at radius 3 is 2.25 bits per heavy atom. The predicted molar refractivity (Wildman–Crippen MR) is 48.8 cm³/mol. The highest BCUT2D eigenvalue weighted by Crippen LogP contribution is 2.05. The van der Waals surface area contributed by atoms with Crippen molar-refractivity contribution in [1.82, 2.24) is 5.32 Å². The second-order valence-corrected chi connectivity index (χ2v) is 4.99. The molecule has 0 aromatic heterocycles. The highest BCUT2D eigenvalue weighted by Gasteiger charge is 2.23. The van der Waals surface area contributed by atoms with E-state index in [2.05, 4.69) is 5.32 Å². The van der Waals surface area contributed by atoms with Crippen molar-refractivity contribution in [2.75, 3.05) is 12.3 Å². The predicted octanol–water partition coefficient (Wildman–Crippen LogP) is 0.652. The maximum absolute atomic E-state index is 10.5. The van der Waals surface area contributed by atoms with Crippen LogP contribution in [0.5, 0.6) is 0 Å². The van der Waals surface area contributed by atoms with Crippen molar-refractivity contribution in [3.05, 3.63) is 0 Å². The van der Waals surface area contributed by atoms with Crippen molar-refractivity contribution in [2.24, 2.45) is 0 Å². The number of hydrogen-bond donors (Lipinski definition) is 2. The molecule has 0 bridgehead atoms. The normalized spacial score (nSPS) is 13.3. The third-order valence-electron chi connectivity index (χ3n) is 1.40. The number of rotatable bonds is 5. The average molecular weight is 195 g/mol. The van der Waals surface area contributed by atoms with Crippen molar-refractivity contribution in [2.45, 2.75) is 32.7 Å². The Hall–Kier alpha value is -0.130. The topological polar surface area (TPSA) is 66.4 Å². The fourth-order valence-electron chi connectivity index (χ4n) is 0.970. The Morgan fingerprint density at radius 2 is 1.92 bits per heavy atom. The summed E-state index contributed by atoms with van der Waals surface area (Å²) in [5.41, 5.74) is -0.552. The molecule has 12 heavy (non-hydrogen) atoms. The third kappa shape index (κ3) is 6.57. The molecule has 0 spiro atoms. The number of nitrogens with one attached hydrogen (secondary N) is 1. The Morgan fingerprint density at radius 1 is 1.42 bits per heavy atom. The monoisotopic (exact) mass is 195 g/mol. The van der Waals surface area contributed by atoms with Gasteiger partial charge in [0.1, 0.15) is 0 Å². The Labute approximate surface area is 74.1 Å². The van der Waals surface area contributed by atoms with E-state index in [0.29, 0.717) is 0 Å². The van der Waals surface area contributed by atoms with Gasteiger partial charge in [-0.25, -0.2) is 0 Å². The highest BCUT2D eigenvalue weighted by atomic mass is 32.2. The van der Waals surface area contributed by atoms with Crippen LogP contribution in [0.1, 0.15) is 27.2 Å². The van der Waals surface area contributed by atoms with Crippen LogP contribution in [0.25, 0.3) is 0 Å². The lowest BCUT2D eigenvalue weighted by atomic mass is 10.1. The van der Waals surface area contributed by atoms with E-state index >= 15 is 0 Å². The first-order valence-corrected chi connectivity index (χ1v) is 5.58. The van der Waals surface area contributed by atoms with Gasteiger partial charge >= 0.3 is 0 Å². The SMILES string of the molecule is CCCNC(C)(C)CS(=O)(=O)O. The zero-order valence-electron chi connectivity index (χ0n) is 7.79. The summed E-state index contributed by atoms with van der Waals surface area (Å²) in [6.07, 6.45) is 0.939. The molecule has 0 aliphatic carbocycles. The second-order valence-electron chi connectivity index (χ2n) is 3.54. The Balaban J connectivity index is 4.04. The first kappa shape index (κ1) is 11.9. The van der Waals surface area contributed by atoms with Gasteiger partial charge in [-0.15, -0.1) is 0 Å². The van der Waals surface area contributed by atoms with E-state index in [0.717, 1.165) is 13.0 Å². The molecule has 0 fully saturated rings. The van der Waals surface area contributed by atoms with Crippen LogP contribution in [0.4, 0.5) is 0 Å². The maximum atomic E-state index is 10.5. The van der Waals surface area contributed by atoms with Gasteiger partial charge in [0.25, 0.3) is 10.1 Å². The van der Waals surface area contributed by atoms with Gasteiger partial charge in [0.15, 0.2) is 0 Å². The largest absolute Gasteiger partial charge is 0.311 e. The lowest BCUT2D eigenvalue weighted by molar-refractivity contribution is 0.403. The summed E-state index contributed by atoms with van der Waals surface area (Å²) >= 11 is 0.